The smallest absolute Gasteiger partial charge is 0.259 e. The number of hydrogen-bond donors (Lipinski definition) is 2. The summed E-state index contributed by atoms with van der Waals surface area (Å²) in [5.74, 6) is 0.277. The number of methoxy groups -OCH3 is 1. The number of nitrogen functional groups attached to an aromatic ring is 1. The molecule has 0 fully saturated rings. The normalized spacial score (nSPS) is 9.94. The van der Waals surface area contributed by atoms with Gasteiger partial charge < -0.3 is 15.8 Å². The first-order valence-corrected chi connectivity index (χ1v) is 5.92. The molecule has 1 aromatic carbocycles. The van der Waals surface area contributed by atoms with Crippen LogP contribution < -0.4 is 15.8 Å². The Morgan fingerprint density at radius 2 is 2.24 bits per heavy atom. The van der Waals surface area contributed by atoms with Gasteiger partial charge in [0.1, 0.15) is 5.75 Å². The number of nitrogens with two attached hydrogens (primary N) is 1. The van der Waals surface area contributed by atoms with Crippen LogP contribution >= 0.6 is 11.3 Å². The highest BCUT2D eigenvalue weighted by atomic mass is 32.1. The Labute approximate surface area is 103 Å². The van der Waals surface area contributed by atoms with Gasteiger partial charge in [-0.05, 0) is 29.6 Å². The number of carbonyl (C=O) groups is 1. The minimum atomic E-state index is -0.229. The van der Waals surface area contributed by atoms with Gasteiger partial charge in [-0.3, -0.25) is 4.79 Å². The highest BCUT2D eigenvalue weighted by Crippen LogP contribution is 2.22. The number of rotatable bonds is 3. The number of anilines is 2. The highest BCUT2D eigenvalue weighted by Gasteiger charge is 2.12. The molecule has 0 aliphatic carbocycles. The first-order chi connectivity index (χ1) is 8.20. The van der Waals surface area contributed by atoms with Crippen molar-refractivity contribution in [2.45, 2.75) is 0 Å². The molecule has 2 rings (SSSR count). The lowest BCUT2D eigenvalue weighted by Crippen LogP contribution is -2.13. The number of ether oxygens (including phenoxy) is 1. The second-order valence-electron chi connectivity index (χ2n) is 3.43. The SMILES string of the molecule is COc1ccc(N)cc1C(=O)Nc1ccsc1. The Bertz CT molecular complexity index is 523. The van der Waals surface area contributed by atoms with Gasteiger partial charge in [-0.15, -0.1) is 0 Å². The highest BCUT2D eigenvalue weighted by molar-refractivity contribution is 7.08. The molecule has 1 aromatic heterocycles. The maximum absolute atomic E-state index is 12.0. The molecule has 5 heteroatoms. The summed E-state index contributed by atoms with van der Waals surface area (Å²) in [4.78, 5) is 12.0. The average Bonchev–Trinajstić information content (AvgIpc) is 2.81. The lowest BCUT2D eigenvalue weighted by molar-refractivity contribution is 0.102. The van der Waals surface area contributed by atoms with Crippen LogP contribution in [0.5, 0.6) is 5.75 Å². The van der Waals surface area contributed by atoms with Crippen molar-refractivity contribution in [2.24, 2.45) is 0 Å². The van der Waals surface area contributed by atoms with Crippen LogP contribution in [0.3, 0.4) is 0 Å². The minimum absolute atomic E-state index is 0.229. The summed E-state index contributed by atoms with van der Waals surface area (Å²) in [5.41, 5.74) is 7.39. The van der Waals surface area contributed by atoms with Crippen molar-refractivity contribution in [3.63, 3.8) is 0 Å². The molecular formula is C12H12N2O2S. The number of carbonyl (C=O) groups excluding carboxylic acids is 1. The maximum atomic E-state index is 12.0. The topological polar surface area (TPSA) is 64.3 Å². The number of nitrogens with one attached hydrogen (secondary N) is 1. The molecule has 17 heavy (non-hydrogen) atoms. The molecule has 0 atom stereocenters. The summed E-state index contributed by atoms with van der Waals surface area (Å²) < 4.78 is 5.13. The first kappa shape index (κ1) is 11.5. The van der Waals surface area contributed by atoms with E-state index < -0.39 is 0 Å². The van der Waals surface area contributed by atoms with Crippen molar-refractivity contribution in [3.05, 3.63) is 40.6 Å². The summed E-state index contributed by atoms with van der Waals surface area (Å²) in [5, 5.41) is 6.53. The predicted molar refractivity (Wildman–Crippen MR) is 69.7 cm³/mol. The Balaban J connectivity index is 2.26. The summed E-state index contributed by atoms with van der Waals surface area (Å²) in [7, 11) is 1.52. The molecule has 4 nitrogen and oxygen atoms in total. The van der Waals surface area contributed by atoms with Crippen LogP contribution in [0.15, 0.2) is 35.0 Å². The lowest BCUT2D eigenvalue weighted by Gasteiger charge is -2.09. The molecular weight excluding hydrogens is 236 g/mol. The molecule has 2 aromatic rings. The molecule has 3 N–H and O–H groups in total. The summed E-state index contributed by atoms with van der Waals surface area (Å²) in [6, 6.07) is 6.81. The van der Waals surface area contributed by atoms with Crippen molar-refractivity contribution in [1.29, 1.82) is 0 Å². The fraction of sp³-hybridized carbons (Fsp3) is 0.0833. The third kappa shape index (κ3) is 2.57. The van der Waals surface area contributed by atoms with Gasteiger partial charge in [-0.2, -0.15) is 11.3 Å². The van der Waals surface area contributed by atoms with E-state index in [-0.39, 0.29) is 5.91 Å². The van der Waals surface area contributed by atoms with E-state index in [2.05, 4.69) is 5.32 Å². The molecule has 0 saturated heterocycles. The van der Waals surface area contributed by atoms with E-state index in [1.807, 2.05) is 16.8 Å². The molecule has 0 spiro atoms. The van der Waals surface area contributed by atoms with Crippen LogP contribution in [0.2, 0.25) is 0 Å². The Morgan fingerprint density at radius 3 is 2.88 bits per heavy atom. The lowest BCUT2D eigenvalue weighted by atomic mass is 10.1. The molecule has 0 radical (unpaired) electrons. The van der Waals surface area contributed by atoms with Gasteiger partial charge in [-0.25, -0.2) is 0 Å². The Morgan fingerprint density at radius 1 is 1.41 bits per heavy atom. The van der Waals surface area contributed by atoms with E-state index in [0.29, 0.717) is 17.0 Å². The van der Waals surface area contributed by atoms with Crippen LogP contribution in [-0.2, 0) is 0 Å². The van der Waals surface area contributed by atoms with Crippen LogP contribution in [0.25, 0.3) is 0 Å². The fourth-order valence-electron chi connectivity index (χ4n) is 1.44. The fourth-order valence-corrected chi connectivity index (χ4v) is 2.02. The number of amides is 1. The van der Waals surface area contributed by atoms with Crippen LogP contribution in [-0.4, -0.2) is 13.0 Å². The molecule has 0 unspecified atom stereocenters. The van der Waals surface area contributed by atoms with Gasteiger partial charge in [0, 0.05) is 11.1 Å². The summed E-state index contributed by atoms with van der Waals surface area (Å²) >= 11 is 1.52. The molecule has 0 saturated carbocycles. The van der Waals surface area contributed by atoms with E-state index in [1.54, 1.807) is 18.2 Å². The largest absolute Gasteiger partial charge is 0.496 e. The van der Waals surface area contributed by atoms with Crippen molar-refractivity contribution in [2.75, 3.05) is 18.2 Å². The van der Waals surface area contributed by atoms with E-state index in [1.165, 1.54) is 18.4 Å². The molecule has 1 amide bonds. The first-order valence-electron chi connectivity index (χ1n) is 4.98. The average molecular weight is 248 g/mol. The molecule has 1 heterocycles. The standard InChI is InChI=1S/C12H12N2O2S/c1-16-11-3-2-8(13)6-10(11)12(15)14-9-4-5-17-7-9/h2-7H,13H2,1H3,(H,14,15). The minimum Gasteiger partial charge on any atom is -0.496 e. The molecule has 88 valence electrons. The molecule has 0 bridgehead atoms. The van der Waals surface area contributed by atoms with Gasteiger partial charge in [0.2, 0.25) is 0 Å². The van der Waals surface area contributed by atoms with E-state index in [0.717, 1.165) is 5.69 Å². The van der Waals surface area contributed by atoms with Gasteiger partial charge in [0.05, 0.1) is 18.4 Å². The quantitative estimate of drug-likeness (QED) is 0.820. The van der Waals surface area contributed by atoms with Crippen molar-refractivity contribution in [1.82, 2.24) is 0 Å². The maximum Gasteiger partial charge on any atom is 0.259 e. The molecule has 0 aliphatic rings. The van der Waals surface area contributed by atoms with Crippen LogP contribution in [0.4, 0.5) is 11.4 Å². The van der Waals surface area contributed by atoms with Crippen LogP contribution in [0.1, 0.15) is 10.4 Å². The van der Waals surface area contributed by atoms with Gasteiger partial charge in [0.15, 0.2) is 0 Å². The third-order valence-corrected chi connectivity index (χ3v) is 2.93. The van der Waals surface area contributed by atoms with E-state index in [4.69, 9.17) is 10.5 Å². The van der Waals surface area contributed by atoms with E-state index >= 15 is 0 Å². The monoisotopic (exact) mass is 248 g/mol. The van der Waals surface area contributed by atoms with Crippen molar-refractivity contribution >= 4 is 28.6 Å². The number of thiophene rings is 1. The van der Waals surface area contributed by atoms with E-state index in [9.17, 15) is 4.79 Å². The number of benzene rings is 1. The molecule has 0 aliphatic heterocycles. The van der Waals surface area contributed by atoms with Crippen LogP contribution in [0, 0.1) is 0 Å². The van der Waals surface area contributed by atoms with Gasteiger partial charge >= 0.3 is 0 Å². The zero-order valence-electron chi connectivity index (χ0n) is 9.27. The summed E-state index contributed by atoms with van der Waals surface area (Å²) in [6.45, 7) is 0. The van der Waals surface area contributed by atoms with Gasteiger partial charge in [0.25, 0.3) is 5.91 Å². The van der Waals surface area contributed by atoms with Gasteiger partial charge in [-0.1, -0.05) is 0 Å². The second-order valence-corrected chi connectivity index (χ2v) is 4.21. The van der Waals surface area contributed by atoms with Crippen molar-refractivity contribution < 1.29 is 9.53 Å². The summed E-state index contributed by atoms with van der Waals surface area (Å²) in [6.07, 6.45) is 0. The Kier molecular flexibility index (Phi) is 3.30. The third-order valence-electron chi connectivity index (χ3n) is 2.25. The van der Waals surface area contributed by atoms with Crippen molar-refractivity contribution in [3.8, 4) is 5.75 Å². The second kappa shape index (κ2) is 4.88. The number of hydrogen-bond acceptors (Lipinski definition) is 4. The predicted octanol–water partition coefficient (Wildman–Crippen LogP) is 2.59. The Hall–Kier alpha value is -2.01. The zero-order valence-corrected chi connectivity index (χ0v) is 10.1. The zero-order chi connectivity index (χ0) is 12.3.